The molecule has 3 atom stereocenters. The van der Waals surface area contributed by atoms with Gasteiger partial charge in [-0.1, -0.05) is 36.4 Å². The highest BCUT2D eigenvalue weighted by Crippen LogP contribution is 2.45. The van der Waals surface area contributed by atoms with Gasteiger partial charge in [-0.2, -0.15) is 0 Å². The van der Waals surface area contributed by atoms with Crippen LogP contribution in [0.15, 0.2) is 77.8 Å². The minimum atomic E-state index is -0.449. The molecule has 1 aliphatic carbocycles. The van der Waals surface area contributed by atoms with Crippen molar-refractivity contribution < 1.29 is 9.72 Å². The number of anilines is 2. The molecule has 0 saturated carbocycles. The number of nitrogens with zero attached hydrogens (tertiary/aromatic N) is 1. The van der Waals surface area contributed by atoms with Gasteiger partial charge < -0.3 is 10.6 Å². The lowest BCUT2D eigenvalue weighted by molar-refractivity contribution is -0.384. The van der Waals surface area contributed by atoms with Crippen LogP contribution in [0.2, 0.25) is 0 Å². The summed E-state index contributed by atoms with van der Waals surface area (Å²) in [5, 5.41) is 20.3. The van der Waals surface area contributed by atoms with Crippen molar-refractivity contribution in [3.8, 4) is 0 Å². The van der Waals surface area contributed by atoms with E-state index in [1.54, 1.807) is 23.5 Å². The average molecular weight is 417 g/mol. The van der Waals surface area contributed by atoms with E-state index >= 15 is 0 Å². The fourth-order valence-corrected chi connectivity index (χ4v) is 5.10. The van der Waals surface area contributed by atoms with Crippen LogP contribution in [0.4, 0.5) is 17.1 Å². The molecule has 2 aromatic carbocycles. The van der Waals surface area contributed by atoms with Crippen LogP contribution in [0.25, 0.3) is 0 Å². The Morgan fingerprint density at radius 3 is 2.63 bits per heavy atom. The molecule has 0 radical (unpaired) electrons. The largest absolute Gasteiger partial charge is 0.375 e. The normalized spacial score (nSPS) is 22.6. The number of carbonyl (C=O) groups is 1. The maximum absolute atomic E-state index is 13.4. The number of nitro benzene ring substituents is 1. The zero-order valence-corrected chi connectivity index (χ0v) is 16.8. The average Bonchev–Trinajstić information content (AvgIpc) is 3.23. The number of rotatable bonds is 3. The summed E-state index contributed by atoms with van der Waals surface area (Å²) < 4.78 is 0. The van der Waals surface area contributed by atoms with Gasteiger partial charge in [-0.05, 0) is 29.1 Å². The zero-order chi connectivity index (χ0) is 20.7. The molecular formula is C23H19N3O3S. The van der Waals surface area contributed by atoms with Crippen LogP contribution in [0, 0.1) is 16.0 Å². The Morgan fingerprint density at radius 2 is 1.87 bits per heavy atom. The summed E-state index contributed by atoms with van der Waals surface area (Å²) in [7, 11) is 0. The van der Waals surface area contributed by atoms with Crippen molar-refractivity contribution in [2.75, 3.05) is 10.6 Å². The Balaban J connectivity index is 1.64. The lowest BCUT2D eigenvalue weighted by Crippen LogP contribution is -2.33. The number of hydrogen-bond acceptors (Lipinski definition) is 6. The molecular weight excluding hydrogens is 398 g/mol. The Kier molecular flexibility index (Phi) is 4.59. The smallest absolute Gasteiger partial charge is 0.269 e. The zero-order valence-electron chi connectivity index (χ0n) is 15.9. The molecule has 1 aromatic heterocycles. The van der Waals surface area contributed by atoms with Crippen LogP contribution in [0.3, 0.4) is 0 Å². The molecule has 30 heavy (non-hydrogen) atoms. The lowest BCUT2D eigenvalue weighted by Gasteiger charge is -2.32. The maximum Gasteiger partial charge on any atom is 0.269 e. The van der Waals surface area contributed by atoms with E-state index < -0.39 is 16.9 Å². The van der Waals surface area contributed by atoms with Crippen LogP contribution in [0.5, 0.6) is 0 Å². The van der Waals surface area contributed by atoms with E-state index in [4.69, 9.17) is 0 Å². The van der Waals surface area contributed by atoms with Crippen molar-refractivity contribution in [3.05, 3.63) is 98.4 Å². The van der Waals surface area contributed by atoms with E-state index in [2.05, 4.69) is 22.8 Å². The predicted octanol–water partition coefficient (Wildman–Crippen LogP) is 5.49. The minimum absolute atomic E-state index is 0.0186. The fourth-order valence-electron chi connectivity index (χ4n) is 4.30. The molecule has 2 aliphatic rings. The second kappa shape index (κ2) is 7.42. The number of fused-ring (bicyclic) bond motifs is 2. The monoisotopic (exact) mass is 417 g/mol. The fraction of sp³-hybridized carbons (Fsp3) is 0.174. The Hall–Kier alpha value is -3.45. The summed E-state index contributed by atoms with van der Waals surface area (Å²) in [6, 6.07) is 18.0. The first-order chi connectivity index (χ1) is 14.6. The first kappa shape index (κ1) is 18.6. The summed E-state index contributed by atoms with van der Waals surface area (Å²) in [6.07, 6.45) is 2.56. The topological polar surface area (TPSA) is 84.3 Å². The third-order valence-corrected chi connectivity index (χ3v) is 6.69. The highest BCUT2D eigenvalue weighted by molar-refractivity contribution is 7.10. The molecule has 1 aliphatic heterocycles. The summed E-state index contributed by atoms with van der Waals surface area (Å²) in [6.45, 7) is 0. The number of allylic oxidation sites excluding steroid dienone is 1. The number of nitrogens with one attached hydrogen (secondary N) is 2. The van der Waals surface area contributed by atoms with E-state index in [1.807, 2.05) is 41.8 Å². The van der Waals surface area contributed by atoms with Crippen LogP contribution < -0.4 is 10.6 Å². The third-order valence-electron chi connectivity index (χ3n) is 5.68. The number of non-ortho nitro benzene ring substituents is 1. The van der Waals surface area contributed by atoms with Gasteiger partial charge in [-0.25, -0.2) is 0 Å². The number of para-hydroxylation sites is 2. The van der Waals surface area contributed by atoms with Crippen LogP contribution in [-0.2, 0) is 4.79 Å². The minimum Gasteiger partial charge on any atom is -0.375 e. The van der Waals surface area contributed by atoms with Gasteiger partial charge in [0.15, 0.2) is 0 Å². The van der Waals surface area contributed by atoms with Gasteiger partial charge in [0.25, 0.3) is 5.69 Å². The molecule has 2 N–H and O–H groups in total. The van der Waals surface area contributed by atoms with Gasteiger partial charge in [-0.15, -0.1) is 11.3 Å². The Labute approximate surface area is 177 Å². The first-order valence-electron chi connectivity index (χ1n) is 9.75. The van der Waals surface area contributed by atoms with Crippen molar-refractivity contribution in [3.63, 3.8) is 0 Å². The third kappa shape index (κ3) is 3.27. The molecule has 7 heteroatoms. The van der Waals surface area contributed by atoms with Crippen LogP contribution >= 0.6 is 11.3 Å². The summed E-state index contributed by atoms with van der Waals surface area (Å²) in [4.78, 5) is 25.5. The van der Waals surface area contributed by atoms with E-state index in [1.165, 1.54) is 6.07 Å². The molecule has 2 heterocycles. The van der Waals surface area contributed by atoms with Gasteiger partial charge >= 0.3 is 0 Å². The van der Waals surface area contributed by atoms with Crippen molar-refractivity contribution in [1.82, 2.24) is 0 Å². The quantitative estimate of drug-likeness (QED) is 0.435. The lowest BCUT2D eigenvalue weighted by atomic mass is 9.78. The predicted molar refractivity (Wildman–Crippen MR) is 118 cm³/mol. The second-order valence-electron chi connectivity index (χ2n) is 7.54. The Bertz CT molecular complexity index is 1160. The SMILES string of the molecule is O=C1C[C@H](c2cccs2)C=C2Nc3ccccc3N[C@@H](c3cccc([N+](=O)[O-])c3)[C@@H]12. The van der Waals surface area contributed by atoms with Crippen LogP contribution in [-0.4, -0.2) is 10.7 Å². The van der Waals surface area contributed by atoms with Gasteiger partial charge in [-0.3, -0.25) is 14.9 Å². The molecule has 0 amide bonds. The van der Waals surface area contributed by atoms with Crippen molar-refractivity contribution in [2.24, 2.45) is 5.92 Å². The number of carbonyl (C=O) groups excluding carboxylic acids is 1. The van der Waals surface area contributed by atoms with E-state index in [9.17, 15) is 14.9 Å². The maximum atomic E-state index is 13.4. The molecule has 0 fully saturated rings. The molecule has 150 valence electrons. The molecule has 5 rings (SSSR count). The number of thiophene rings is 1. The summed E-state index contributed by atoms with van der Waals surface area (Å²) >= 11 is 1.65. The standard InChI is InChI=1S/C23H19N3O3S/c27-20-13-15(21-9-4-10-30-21)12-19-22(20)23(14-5-3-6-16(11-14)26(28)29)25-18-8-2-1-7-17(18)24-19/h1-12,15,22-25H,13H2/t15-,22-,23+/m1/s1. The van der Waals surface area contributed by atoms with Crippen molar-refractivity contribution in [1.29, 1.82) is 0 Å². The van der Waals surface area contributed by atoms with E-state index in [0.717, 1.165) is 27.5 Å². The van der Waals surface area contributed by atoms with Crippen molar-refractivity contribution >= 4 is 34.2 Å². The van der Waals surface area contributed by atoms with Crippen molar-refractivity contribution in [2.45, 2.75) is 18.4 Å². The summed E-state index contributed by atoms with van der Waals surface area (Å²) in [5.74, 6) is -0.293. The molecule has 0 saturated heterocycles. The molecule has 0 bridgehead atoms. The summed E-state index contributed by atoms with van der Waals surface area (Å²) in [5.41, 5.74) is 3.34. The number of ketones is 1. The highest BCUT2D eigenvalue weighted by atomic mass is 32.1. The number of hydrogen-bond donors (Lipinski definition) is 2. The highest BCUT2D eigenvalue weighted by Gasteiger charge is 2.40. The molecule has 3 aromatic rings. The number of benzene rings is 2. The Morgan fingerprint density at radius 1 is 1.03 bits per heavy atom. The van der Waals surface area contributed by atoms with Gasteiger partial charge in [0, 0.05) is 35.0 Å². The number of nitro groups is 1. The molecule has 6 nitrogen and oxygen atoms in total. The molecule has 0 spiro atoms. The van der Waals surface area contributed by atoms with Gasteiger partial charge in [0.05, 0.1) is 28.3 Å². The van der Waals surface area contributed by atoms with Gasteiger partial charge in [0.2, 0.25) is 0 Å². The number of Topliss-reactive ketones (excluding diaryl/α,β-unsaturated/α-hetero) is 1. The second-order valence-corrected chi connectivity index (χ2v) is 8.52. The molecule has 0 unspecified atom stereocenters. The van der Waals surface area contributed by atoms with Gasteiger partial charge in [0.1, 0.15) is 5.78 Å². The van der Waals surface area contributed by atoms with E-state index in [0.29, 0.717) is 6.42 Å². The first-order valence-corrected chi connectivity index (χ1v) is 10.6. The van der Waals surface area contributed by atoms with E-state index in [-0.39, 0.29) is 17.4 Å². The van der Waals surface area contributed by atoms with Crippen LogP contribution in [0.1, 0.15) is 28.8 Å².